The second-order valence-electron chi connectivity index (χ2n) is 3.30. The lowest BCUT2D eigenvalue weighted by Gasteiger charge is -2.26. The molecule has 70 valence electrons. The summed E-state index contributed by atoms with van der Waals surface area (Å²) in [5, 5.41) is 3.36. The van der Waals surface area contributed by atoms with Crippen LogP contribution in [0.25, 0.3) is 0 Å². The van der Waals surface area contributed by atoms with Crippen LogP contribution in [-0.2, 0) is 0 Å². The Bertz CT molecular complexity index is 126. The van der Waals surface area contributed by atoms with Gasteiger partial charge in [-0.3, -0.25) is 0 Å². The van der Waals surface area contributed by atoms with Crippen molar-refractivity contribution in [1.82, 2.24) is 10.2 Å². The van der Waals surface area contributed by atoms with Gasteiger partial charge in [-0.1, -0.05) is 12.2 Å². The molecule has 0 spiro atoms. The SMILES string of the molecule is CC=CCCCN1CCNCC1. The quantitative estimate of drug-likeness (QED) is 0.502. The van der Waals surface area contributed by atoms with Crippen molar-refractivity contribution in [3.05, 3.63) is 12.2 Å². The van der Waals surface area contributed by atoms with E-state index in [4.69, 9.17) is 0 Å². The van der Waals surface area contributed by atoms with Crippen LogP contribution >= 0.6 is 0 Å². The number of hydrogen-bond donors (Lipinski definition) is 1. The summed E-state index contributed by atoms with van der Waals surface area (Å²) < 4.78 is 0. The number of allylic oxidation sites excluding steroid dienone is 2. The van der Waals surface area contributed by atoms with E-state index in [2.05, 4.69) is 29.3 Å². The van der Waals surface area contributed by atoms with Crippen molar-refractivity contribution in [2.24, 2.45) is 0 Å². The highest BCUT2D eigenvalue weighted by molar-refractivity contribution is 4.77. The summed E-state index contributed by atoms with van der Waals surface area (Å²) in [6, 6.07) is 0. The molecule has 1 rings (SSSR count). The molecule has 0 aromatic heterocycles. The fraction of sp³-hybridized carbons (Fsp3) is 0.800. The van der Waals surface area contributed by atoms with E-state index in [1.807, 2.05) is 0 Å². The number of nitrogens with zero attached hydrogens (tertiary/aromatic N) is 1. The monoisotopic (exact) mass is 168 g/mol. The highest BCUT2D eigenvalue weighted by Crippen LogP contribution is 1.97. The average molecular weight is 168 g/mol. The number of hydrogen-bond acceptors (Lipinski definition) is 2. The van der Waals surface area contributed by atoms with Gasteiger partial charge in [-0.25, -0.2) is 0 Å². The summed E-state index contributed by atoms with van der Waals surface area (Å²) in [5.74, 6) is 0. The van der Waals surface area contributed by atoms with Crippen LogP contribution in [0.4, 0.5) is 0 Å². The van der Waals surface area contributed by atoms with Crippen LogP contribution in [0.5, 0.6) is 0 Å². The molecule has 1 heterocycles. The molecule has 12 heavy (non-hydrogen) atoms. The molecule has 1 N–H and O–H groups in total. The third kappa shape index (κ3) is 3.88. The van der Waals surface area contributed by atoms with Gasteiger partial charge in [0.2, 0.25) is 0 Å². The van der Waals surface area contributed by atoms with Crippen LogP contribution in [0.1, 0.15) is 19.8 Å². The van der Waals surface area contributed by atoms with Gasteiger partial charge in [-0.2, -0.15) is 0 Å². The fourth-order valence-corrected chi connectivity index (χ4v) is 1.53. The molecule has 1 aliphatic rings. The van der Waals surface area contributed by atoms with E-state index in [-0.39, 0.29) is 0 Å². The minimum atomic E-state index is 1.17. The molecule has 1 fully saturated rings. The number of unbranched alkanes of at least 4 members (excludes halogenated alkanes) is 1. The Morgan fingerprint density at radius 2 is 2.08 bits per heavy atom. The Hall–Kier alpha value is -0.340. The molecule has 1 saturated heterocycles. The molecule has 0 radical (unpaired) electrons. The van der Waals surface area contributed by atoms with Crippen LogP contribution in [0.15, 0.2) is 12.2 Å². The molecule has 0 unspecified atom stereocenters. The van der Waals surface area contributed by atoms with E-state index < -0.39 is 0 Å². The Morgan fingerprint density at radius 3 is 2.75 bits per heavy atom. The molecular formula is C10H20N2. The van der Waals surface area contributed by atoms with Gasteiger partial charge in [0.05, 0.1) is 0 Å². The zero-order chi connectivity index (χ0) is 8.65. The summed E-state index contributed by atoms with van der Waals surface area (Å²) in [6.07, 6.45) is 6.94. The summed E-state index contributed by atoms with van der Waals surface area (Å²) >= 11 is 0. The van der Waals surface area contributed by atoms with Gasteiger partial charge < -0.3 is 10.2 Å². The maximum atomic E-state index is 3.36. The van der Waals surface area contributed by atoms with E-state index in [1.165, 1.54) is 45.6 Å². The Balaban J connectivity index is 1.97. The largest absolute Gasteiger partial charge is 0.314 e. The number of nitrogens with one attached hydrogen (secondary N) is 1. The van der Waals surface area contributed by atoms with Crippen molar-refractivity contribution < 1.29 is 0 Å². The summed E-state index contributed by atoms with van der Waals surface area (Å²) in [6.45, 7) is 8.16. The van der Waals surface area contributed by atoms with Crippen LogP contribution in [0, 0.1) is 0 Å². The highest BCUT2D eigenvalue weighted by atomic mass is 15.2. The average Bonchev–Trinajstić information content (AvgIpc) is 2.14. The van der Waals surface area contributed by atoms with Crippen molar-refractivity contribution in [2.45, 2.75) is 19.8 Å². The van der Waals surface area contributed by atoms with Gasteiger partial charge in [0, 0.05) is 26.2 Å². The van der Waals surface area contributed by atoms with Crippen LogP contribution in [-0.4, -0.2) is 37.6 Å². The summed E-state index contributed by atoms with van der Waals surface area (Å²) in [7, 11) is 0. The smallest absolute Gasteiger partial charge is 0.0107 e. The summed E-state index contributed by atoms with van der Waals surface area (Å²) in [4.78, 5) is 2.54. The van der Waals surface area contributed by atoms with Gasteiger partial charge >= 0.3 is 0 Å². The molecule has 1 aliphatic heterocycles. The fourth-order valence-electron chi connectivity index (χ4n) is 1.53. The van der Waals surface area contributed by atoms with Crippen LogP contribution in [0.2, 0.25) is 0 Å². The maximum Gasteiger partial charge on any atom is 0.0107 e. The van der Waals surface area contributed by atoms with Crippen molar-refractivity contribution in [1.29, 1.82) is 0 Å². The van der Waals surface area contributed by atoms with Gasteiger partial charge in [-0.15, -0.1) is 0 Å². The molecule has 0 amide bonds. The van der Waals surface area contributed by atoms with Crippen molar-refractivity contribution in [3.63, 3.8) is 0 Å². The van der Waals surface area contributed by atoms with Gasteiger partial charge in [-0.05, 0) is 26.3 Å². The Labute approximate surface area is 75.6 Å². The van der Waals surface area contributed by atoms with Crippen LogP contribution < -0.4 is 5.32 Å². The first kappa shape index (κ1) is 9.75. The molecule has 0 aliphatic carbocycles. The molecule has 2 nitrogen and oxygen atoms in total. The van der Waals surface area contributed by atoms with Gasteiger partial charge in [0.15, 0.2) is 0 Å². The molecule has 0 bridgehead atoms. The Morgan fingerprint density at radius 1 is 1.33 bits per heavy atom. The standard InChI is InChI=1S/C10H20N2/c1-2-3-4-5-8-12-9-6-11-7-10-12/h2-3,11H,4-10H2,1H3. The molecule has 0 atom stereocenters. The van der Waals surface area contributed by atoms with E-state index in [0.29, 0.717) is 0 Å². The van der Waals surface area contributed by atoms with Gasteiger partial charge in [0.25, 0.3) is 0 Å². The van der Waals surface area contributed by atoms with E-state index in [9.17, 15) is 0 Å². The predicted molar refractivity (Wildman–Crippen MR) is 53.4 cm³/mol. The molecule has 0 saturated carbocycles. The zero-order valence-electron chi connectivity index (χ0n) is 8.05. The minimum absolute atomic E-state index is 1.17. The third-order valence-corrected chi connectivity index (χ3v) is 2.29. The van der Waals surface area contributed by atoms with Crippen molar-refractivity contribution in [3.8, 4) is 0 Å². The van der Waals surface area contributed by atoms with Crippen molar-refractivity contribution in [2.75, 3.05) is 32.7 Å². The first-order valence-corrected chi connectivity index (χ1v) is 4.97. The molecule has 0 aromatic rings. The Kier molecular flexibility index (Phi) is 5.04. The lowest BCUT2D eigenvalue weighted by Crippen LogP contribution is -2.43. The van der Waals surface area contributed by atoms with E-state index in [0.717, 1.165) is 0 Å². The minimum Gasteiger partial charge on any atom is -0.314 e. The van der Waals surface area contributed by atoms with Crippen LogP contribution in [0.3, 0.4) is 0 Å². The van der Waals surface area contributed by atoms with E-state index >= 15 is 0 Å². The predicted octanol–water partition coefficient (Wildman–Crippen LogP) is 1.25. The zero-order valence-corrected chi connectivity index (χ0v) is 8.05. The lowest BCUT2D eigenvalue weighted by molar-refractivity contribution is 0.239. The third-order valence-electron chi connectivity index (χ3n) is 2.29. The number of piperazine rings is 1. The topological polar surface area (TPSA) is 15.3 Å². The second-order valence-corrected chi connectivity index (χ2v) is 3.30. The van der Waals surface area contributed by atoms with Gasteiger partial charge in [0.1, 0.15) is 0 Å². The molecular weight excluding hydrogens is 148 g/mol. The second kappa shape index (κ2) is 6.21. The molecule has 0 aromatic carbocycles. The molecule has 2 heteroatoms. The maximum absolute atomic E-state index is 3.36. The van der Waals surface area contributed by atoms with Crippen molar-refractivity contribution >= 4 is 0 Å². The summed E-state index contributed by atoms with van der Waals surface area (Å²) in [5.41, 5.74) is 0. The normalized spacial score (nSPS) is 20.4. The lowest BCUT2D eigenvalue weighted by atomic mass is 10.2. The first-order chi connectivity index (χ1) is 5.93. The van der Waals surface area contributed by atoms with E-state index in [1.54, 1.807) is 0 Å². The first-order valence-electron chi connectivity index (χ1n) is 4.97. The highest BCUT2D eigenvalue weighted by Gasteiger charge is 2.07. The number of rotatable bonds is 4.